The molecule has 3 unspecified atom stereocenters. The molecule has 0 aromatic carbocycles. The minimum absolute atomic E-state index is 0.275. The fourth-order valence-electron chi connectivity index (χ4n) is 4.55. The molecule has 19 heavy (non-hydrogen) atoms. The standard InChI is InChI=1S/C16H31N3/c1-12(2)15-10-17-16(3,4)11-19(15)14-7-9-18-8-5-6-13(14)18/h12-15,17H,5-11H2,1-4H3. The maximum absolute atomic E-state index is 3.75. The molecule has 0 aromatic heterocycles. The molecule has 0 bridgehead atoms. The van der Waals surface area contributed by atoms with E-state index in [0.717, 1.165) is 30.6 Å². The summed E-state index contributed by atoms with van der Waals surface area (Å²) in [6.45, 7) is 14.6. The molecule has 0 amide bonds. The van der Waals surface area contributed by atoms with E-state index in [0.29, 0.717) is 0 Å². The van der Waals surface area contributed by atoms with Crippen molar-refractivity contribution in [2.24, 2.45) is 5.92 Å². The van der Waals surface area contributed by atoms with Gasteiger partial charge in [0.2, 0.25) is 0 Å². The predicted octanol–water partition coefficient (Wildman–Crippen LogP) is 1.93. The molecule has 3 rings (SSSR count). The Morgan fingerprint density at radius 3 is 2.63 bits per heavy atom. The SMILES string of the molecule is CC(C)C1CNC(C)(C)CN1C1CCN2CCCC12. The molecular formula is C16H31N3. The highest BCUT2D eigenvalue weighted by Gasteiger charge is 2.45. The van der Waals surface area contributed by atoms with E-state index in [9.17, 15) is 0 Å². The van der Waals surface area contributed by atoms with Crippen molar-refractivity contribution in [1.82, 2.24) is 15.1 Å². The number of fused-ring (bicyclic) bond motifs is 1. The van der Waals surface area contributed by atoms with Crippen LogP contribution in [0.3, 0.4) is 0 Å². The Morgan fingerprint density at radius 2 is 1.89 bits per heavy atom. The van der Waals surface area contributed by atoms with Crippen LogP contribution in [0.4, 0.5) is 0 Å². The number of nitrogens with zero attached hydrogens (tertiary/aromatic N) is 2. The average molecular weight is 265 g/mol. The molecule has 3 heterocycles. The summed E-state index contributed by atoms with van der Waals surface area (Å²) >= 11 is 0. The van der Waals surface area contributed by atoms with Gasteiger partial charge in [0.1, 0.15) is 0 Å². The Balaban J connectivity index is 1.78. The van der Waals surface area contributed by atoms with Gasteiger partial charge in [-0.25, -0.2) is 0 Å². The van der Waals surface area contributed by atoms with E-state index >= 15 is 0 Å². The molecule has 3 heteroatoms. The van der Waals surface area contributed by atoms with Gasteiger partial charge in [0.15, 0.2) is 0 Å². The van der Waals surface area contributed by atoms with Crippen LogP contribution in [0, 0.1) is 5.92 Å². The van der Waals surface area contributed by atoms with Gasteiger partial charge in [0, 0.05) is 43.3 Å². The molecule has 3 atom stereocenters. The van der Waals surface area contributed by atoms with Gasteiger partial charge >= 0.3 is 0 Å². The van der Waals surface area contributed by atoms with Crippen LogP contribution in [0.15, 0.2) is 0 Å². The van der Waals surface area contributed by atoms with Gasteiger partial charge in [-0.2, -0.15) is 0 Å². The first-order valence-electron chi connectivity index (χ1n) is 8.23. The topological polar surface area (TPSA) is 18.5 Å². The Kier molecular flexibility index (Phi) is 3.65. The molecule has 0 aliphatic carbocycles. The van der Waals surface area contributed by atoms with Crippen molar-refractivity contribution in [1.29, 1.82) is 0 Å². The molecule has 1 N–H and O–H groups in total. The highest BCUT2D eigenvalue weighted by Crippen LogP contribution is 2.35. The molecular weight excluding hydrogens is 234 g/mol. The third-order valence-electron chi connectivity index (χ3n) is 5.56. The van der Waals surface area contributed by atoms with Crippen molar-refractivity contribution in [2.45, 2.75) is 70.6 Å². The zero-order valence-corrected chi connectivity index (χ0v) is 13.2. The van der Waals surface area contributed by atoms with E-state index in [4.69, 9.17) is 0 Å². The van der Waals surface area contributed by atoms with Crippen LogP contribution >= 0.6 is 0 Å². The van der Waals surface area contributed by atoms with Crippen molar-refractivity contribution in [3.05, 3.63) is 0 Å². The minimum Gasteiger partial charge on any atom is -0.309 e. The Hall–Kier alpha value is -0.120. The van der Waals surface area contributed by atoms with E-state index in [2.05, 4.69) is 42.8 Å². The molecule has 3 fully saturated rings. The maximum Gasteiger partial charge on any atom is 0.0268 e. The number of hydrogen-bond acceptors (Lipinski definition) is 3. The lowest BCUT2D eigenvalue weighted by molar-refractivity contribution is 0.0218. The van der Waals surface area contributed by atoms with Crippen molar-refractivity contribution >= 4 is 0 Å². The van der Waals surface area contributed by atoms with Gasteiger partial charge in [-0.15, -0.1) is 0 Å². The van der Waals surface area contributed by atoms with Crippen LogP contribution < -0.4 is 5.32 Å². The summed E-state index contributed by atoms with van der Waals surface area (Å²) in [4.78, 5) is 5.62. The number of nitrogens with one attached hydrogen (secondary N) is 1. The third kappa shape index (κ3) is 2.57. The fraction of sp³-hybridized carbons (Fsp3) is 1.00. The number of hydrogen-bond donors (Lipinski definition) is 1. The van der Waals surface area contributed by atoms with Crippen LogP contribution in [0.25, 0.3) is 0 Å². The smallest absolute Gasteiger partial charge is 0.0268 e. The molecule has 0 aromatic rings. The van der Waals surface area contributed by atoms with E-state index in [1.165, 1.54) is 38.9 Å². The molecule has 0 saturated carbocycles. The van der Waals surface area contributed by atoms with Crippen LogP contribution in [-0.4, -0.2) is 59.6 Å². The van der Waals surface area contributed by atoms with Crippen LogP contribution in [0.1, 0.15) is 47.0 Å². The van der Waals surface area contributed by atoms with Gasteiger partial charge in [0.25, 0.3) is 0 Å². The Bertz CT molecular complexity index is 326. The number of rotatable bonds is 2. The van der Waals surface area contributed by atoms with Crippen molar-refractivity contribution in [2.75, 3.05) is 26.2 Å². The maximum atomic E-state index is 3.75. The molecule has 3 aliphatic heterocycles. The molecule has 110 valence electrons. The molecule has 3 nitrogen and oxygen atoms in total. The summed E-state index contributed by atoms with van der Waals surface area (Å²) < 4.78 is 0. The summed E-state index contributed by atoms with van der Waals surface area (Å²) in [6, 6.07) is 2.39. The monoisotopic (exact) mass is 265 g/mol. The lowest BCUT2D eigenvalue weighted by atomic mass is 9.89. The van der Waals surface area contributed by atoms with E-state index in [1.54, 1.807) is 0 Å². The largest absolute Gasteiger partial charge is 0.309 e. The van der Waals surface area contributed by atoms with Crippen molar-refractivity contribution < 1.29 is 0 Å². The summed E-state index contributed by atoms with van der Waals surface area (Å²) in [6.07, 6.45) is 4.24. The summed E-state index contributed by atoms with van der Waals surface area (Å²) in [5.41, 5.74) is 0.275. The van der Waals surface area contributed by atoms with Gasteiger partial charge in [-0.1, -0.05) is 13.8 Å². The second-order valence-corrected chi connectivity index (χ2v) is 7.85. The first-order chi connectivity index (χ1) is 8.98. The quantitative estimate of drug-likeness (QED) is 0.823. The summed E-state index contributed by atoms with van der Waals surface area (Å²) in [5.74, 6) is 0.749. The first kappa shape index (κ1) is 13.8. The van der Waals surface area contributed by atoms with E-state index < -0.39 is 0 Å². The summed E-state index contributed by atoms with van der Waals surface area (Å²) in [5, 5.41) is 3.75. The lowest BCUT2D eigenvalue weighted by Gasteiger charge is -2.50. The van der Waals surface area contributed by atoms with Crippen LogP contribution in [0.5, 0.6) is 0 Å². The van der Waals surface area contributed by atoms with Crippen molar-refractivity contribution in [3.8, 4) is 0 Å². The second-order valence-electron chi connectivity index (χ2n) is 7.85. The van der Waals surface area contributed by atoms with Gasteiger partial charge < -0.3 is 5.32 Å². The Labute approximate surface area is 118 Å². The normalized spacial score (nSPS) is 39.9. The Morgan fingerprint density at radius 1 is 1.11 bits per heavy atom. The van der Waals surface area contributed by atoms with Crippen LogP contribution in [0.2, 0.25) is 0 Å². The van der Waals surface area contributed by atoms with E-state index in [-0.39, 0.29) is 5.54 Å². The van der Waals surface area contributed by atoms with Gasteiger partial charge in [-0.05, 0) is 45.6 Å². The second kappa shape index (κ2) is 5.01. The third-order valence-corrected chi connectivity index (χ3v) is 5.56. The predicted molar refractivity (Wildman–Crippen MR) is 80.4 cm³/mol. The van der Waals surface area contributed by atoms with Gasteiger partial charge in [-0.3, -0.25) is 9.80 Å². The zero-order chi connectivity index (χ0) is 13.6. The molecule has 3 aliphatic rings. The fourth-order valence-corrected chi connectivity index (χ4v) is 4.55. The molecule has 0 radical (unpaired) electrons. The molecule has 3 saturated heterocycles. The highest BCUT2D eigenvalue weighted by molar-refractivity contribution is 5.03. The summed E-state index contributed by atoms with van der Waals surface area (Å²) in [7, 11) is 0. The number of piperazine rings is 1. The zero-order valence-electron chi connectivity index (χ0n) is 13.2. The van der Waals surface area contributed by atoms with Gasteiger partial charge in [0.05, 0.1) is 0 Å². The van der Waals surface area contributed by atoms with Crippen molar-refractivity contribution in [3.63, 3.8) is 0 Å². The highest BCUT2D eigenvalue weighted by atomic mass is 15.3. The average Bonchev–Trinajstić information content (AvgIpc) is 2.88. The molecule has 0 spiro atoms. The van der Waals surface area contributed by atoms with E-state index in [1.807, 2.05) is 0 Å². The lowest BCUT2D eigenvalue weighted by Crippen LogP contribution is -2.66. The minimum atomic E-state index is 0.275. The first-order valence-corrected chi connectivity index (χ1v) is 8.23. The van der Waals surface area contributed by atoms with Crippen LogP contribution in [-0.2, 0) is 0 Å².